The quantitative estimate of drug-likeness (QED) is 0.551. The number of ether oxygens (including phenoxy) is 1. The number of halogens is 15. The smallest absolute Gasteiger partial charge is 0.334 e. The second-order valence-electron chi connectivity index (χ2n) is 4.33. The standard InChI is InChI=1S/C9H5F15O/c1-2-25-6(15,9(22,23)24)4(11,12)3(10,7(16,17)18)5(13,14)8(19,20)21/h2H2,1H3. The Morgan fingerprint density at radius 1 is 0.520 bits per heavy atom. The molecule has 0 aromatic heterocycles. The molecule has 2 atom stereocenters. The third kappa shape index (κ3) is 3.09. The summed E-state index contributed by atoms with van der Waals surface area (Å²) in [5.41, 5.74) is -8.36. The van der Waals surface area contributed by atoms with Crippen LogP contribution in [0.15, 0.2) is 0 Å². The lowest BCUT2D eigenvalue weighted by atomic mass is 9.84. The van der Waals surface area contributed by atoms with Crippen molar-refractivity contribution in [1.29, 1.82) is 0 Å². The summed E-state index contributed by atoms with van der Waals surface area (Å²) in [4.78, 5) is 0. The molecule has 0 aliphatic rings. The second kappa shape index (κ2) is 5.97. The van der Waals surface area contributed by atoms with Crippen molar-refractivity contribution in [3.8, 4) is 0 Å². The van der Waals surface area contributed by atoms with E-state index >= 15 is 0 Å². The van der Waals surface area contributed by atoms with Gasteiger partial charge in [0.1, 0.15) is 0 Å². The summed E-state index contributed by atoms with van der Waals surface area (Å²) >= 11 is 0. The fourth-order valence-corrected chi connectivity index (χ4v) is 1.52. The van der Waals surface area contributed by atoms with E-state index in [1.54, 1.807) is 0 Å². The van der Waals surface area contributed by atoms with Gasteiger partial charge in [-0.3, -0.25) is 0 Å². The first kappa shape index (κ1) is 23.9. The Morgan fingerprint density at radius 2 is 0.880 bits per heavy atom. The monoisotopic (exact) mass is 414 g/mol. The first-order chi connectivity index (χ1) is 10.6. The minimum Gasteiger partial charge on any atom is -0.334 e. The maximum absolute atomic E-state index is 13.5. The van der Waals surface area contributed by atoms with E-state index in [1.165, 1.54) is 0 Å². The molecule has 0 fully saturated rings. The lowest BCUT2D eigenvalue weighted by Crippen LogP contribution is -2.77. The van der Waals surface area contributed by atoms with E-state index in [4.69, 9.17) is 0 Å². The number of alkyl halides is 15. The highest BCUT2D eigenvalue weighted by Crippen LogP contribution is 2.64. The Bertz CT molecular complexity index is 473. The van der Waals surface area contributed by atoms with Crippen molar-refractivity contribution in [3.05, 3.63) is 0 Å². The van der Waals surface area contributed by atoms with Crippen molar-refractivity contribution >= 4 is 0 Å². The normalized spacial score (nSPS) is 20.2. The van der Waals surface area contributed by atoms with Gasteiger partial charge in [-0.2, -0.15) is 61.5 Å². The van der Waals surface area contributed by atoms with Crippen LogP contribution in [-0.4, -0.2) is 48.5 Å². The van der Waals surface area contributed by atoms with Gasteiger partial charge in [-0.25, -0.2) is 4.39 Å². The lowest BCUT2D eigenvalue weighted by Gasteiger charge is -2.45. The maximum atomic E-state index is 13.5. The van der Waals surface area contributed by atoms with Crippen molar-refractivity contribution < 1.29 is 70.6 Å². The zero-order valence-electron chi connectivity index (χ0n) is 11.3. The third-order valence-electron chi connectivity index (χ3n) is 2.72. The molecule has 0 amide bonds. The molecule has 2 unspecified atom stereocenters. The molecule has 152 valence electrons. The van der Waals surface area contributed by atoms with Crippen LogP contribution in [0.1, 0.15) is 6.92 Å². The van der Waals surface area contributed by atoms with Gasteiger partial charge < -0.3 is 4.74 Å². The van der Waals surface area contributed by atoms with Crippen molar-refractivity contribution in [1.82, 2.24) is 0 Å². The van der Waals surface area contributed by atoms with Gasteiger partial charge in [-0.1, -0.05) is 0 Å². The fraction of sp³-hybridized carbons (Fsp3) is 1.00. The summed E-state index contributed by atoms with van der Waals surface area (Å²) in [6, 6.07) is 0. The maximum Gasteiger partial charge on any atom is 0.457 e. The first-order valence-electron chi connectivity index (χ1n) is 5.53. The molecule has 0 radical (unpaired) electrons. The van der Waals surface area contributed by atoms with Gasteiger partial charge in [-0.05, 0) is 6.92 Å². The Kier molecular flexibility index (Phi) is 5.71. The zero-order chi connectivity index (χ0) is 20.9. The molecule has 0 aliphatic carbocycles. The lowest BCUT2D eigenvalue weighted by molar-refractivity contribution is -0.484. The van der Waals surface area contributed by atoms with Gasteiger partial charge in [0.25, 0.3) is 0 Å². The van der Waals surface area contributed by atoms with E-state index in [1.807, 2.05) is 0 Å². The molecule has 0 saturated carbocycles. The average Bonchev–Trinajstić information content (AvgIpc) is 2.33. The summed E-state index contributed by atoms with van der Waals surface area (Å²) in [6.07, 6.45) is -23.1. The third-order valence-corrected chi connectivity index (χ3v) is 2.72. The molecule has 1 nitrogen and oxygen atoms in total. The number of rotatable bonds is 5. The van der Waals surface area contributed by atoms with Crippen LogP contribution in [0.5, 0.6) is 0 Å². The van der Waals surface area contributed by atoms with Crippen molar-refractivity contribution in [2.45, 2.75) is 48.8 Å². The molecule has 0 aliphatic heterocycles. The van der Waals surface area contributed by atoms with Crippen LogP contribution >= 0.6 is 0 Å². The second-order valence-corrected chi connectivity index (χ2v) is 4.33. The molecule has 25 heavy (non-hydrogen) atoms. The van der Waals surface area contributed by atoms with Crippen LogP contribution in [0.3, 0.4) is 0 Å². The Labute approximate surface area is 127 Å². The van der Waals surface area contributed by atoms with Crippen LogP contribution in [0.2, 0.25) is 0 Å². The van der Waals surface area contributed by atoms with Crippen LogP contribution in [0.25, 0.3) is 0 Å². The van der Waals surface area contributed by atoms with Crippen LogP contribution in [0.4, 0.5) is 65.9 Å². The first-order valence-corrected chi connectivity index (χ1v) is 5.53. The van der Waals surface area contributed by atoms with Crippen LogP contribution in [-0.2, 0) is 4.74 Å². The fourth-order valence-electron chi connectivity index (χ4n) is 1.52. The molecule has 0 N–H and O–H groups in total. The zero-order valence-corrected chi connectivity index (χ0v) is 11.3. The number of hydrogen-bond donors (Lipinski definition) is 0. The molecule has 0 saturated heterocycles. The van der Waals surface area contributed by atoms with Crippen LogP contribution in [0, 0.1) is 0 Å². The summed E-state index contributed by atoms with van der Waals surface area (Å²) in [5.74, 6) is -23.4. The topological polar surface area (TPSA) is 9.23 Å². The average molecular weight is 414 g/mol. The van der Waals surface area contributed by atoms with Crippen molar-refractivity contribution in [2.75, 3.05) is 6.61 Å². The minimum absolute atomic E-state index is 0.242. The Hall–Kier alpha value is -1.09. The molecule has 0 aromatic carbocycles. The van der Waals surface area contributed by atoms with Gasteiger partial charge in [0.15, 0.2) is 0 Å². The molecule has 0 heterocycles. The van der Waals surface area contributed by atoms with Gasteiger partial charge in [0, 0.05) is 6.61 Å². The molecule has 0 spiro atoms. The predicted molar refractivity (Wildman–Crippen MR) is 47.4 cm³/mol. The highest BCUT2D eigenvalue weighted by Gasteiger charge is 2.96. The summed E-state index contributed by atoms with van der Waals surface area (Å²) in [6.45, 7) is -1.65. The molecular weight excluding hydrogens is 409 g/mol. The summed E-state index contributed by atoms with van der Waals surface area (Å²) < 4.78 is 192. The van der Waals surface area contributed by atoms with Crippen LogP contribution < -0.4 is 0 Å². The Balaban J connectivity index is 6.99. The Morgan fingerprint density at radius 3 is 1.08 bits per heavy atom. The minimum atomic E-state index is -8.36. The van der Waals surface area contributed by atoms with Gasteiger partial charge in [-0.15, -0.1) is 0 Å². The molecular formula is C9H5F15O. The van der Waals surface area contributed by atoms with Crippen molar-refractivity contribution in [3.63, 3.8) is 0 Å². The predicted octanol–water partition coefficient (Wildman–Crippen LogP) is 5.35. The molecule has 16 heteroatoms. The van der Waals surface area contributed by atoms with E-state index in [0.29, 0.717) is 0 Å². The number of hydrogen-bond acceptors (Lipinski definition) is 1. The van der Waals surface area contributed by atoms with E-state index in [-0.39, 0.29) is 6.92 Å². The summed E-state index contributed by atoms with van der Waals surface area (Å²) in [7, 11) is 0. The SMILES string of the molecule is CCOC(F)(C(F)(F)F)C(F)(F)C(F)(C(F)(F)F)C(F)(F)C(F)(F)F. The van der Waals surface area contributed by atoms with E-state index in [2.05, 4.69) is 4.74 Å². The summed E-state index contributed by atoms with van der Waals surface area (Å²) in [5, 5.41) is 0. The highest BCUT2D eigenvalue weighted by atomic mass is 19.4. The van der Waals surface area contributed by atoms with E-state index in [0.717, 1.165) is 0 Å². The van der Waals surface area contributed by atoms with Gasteiger partial charge in [0.2, 0.25) is 0 Å². The van der Waals surface area contributed by atoms with Gasteiger partial charge >= 0.3 is 41.9 Å². The molecule has 0 aromatic rings. The van der Waals surface area contributed by atoms with Crippen molar-refractivity contribution in [2.24, 2.45) is 0 Å². The molecule has 0 rings (SSSR count). The van der Waals surface area contributed by atoms with E-state index < -0.39 is 48.5 Å². The highest BCUT2D eigenvalue weighted by molar-refractivity contribution is 5.17. The largest absolute Gasteiger partial charge is 0.457 e. The molecule has 0 bridgehead atoms. The van der Waals surface area contributed by atoms with Gasteiger partial charge in [0.05, 0.1) is 0 Å². The van der Waals surface area contributed by atoms with E-state index in [9.17, 15) is 65.9 Å².